The Morgan fingerprint density at radius 3 is 2.59 bits per heavy atom. The van der Waals surface area contributed by atoms with Crippen LogP contribution in [0.1, 0.15) is 29.3 Å². The summed E-state index contributed by atoms with van der Waals surface area (Å²) in [6.07, 6.45) is 2.03. The van der Waals surface area contributed by atoms with E-state index in [0.29, 0.717) is 5.69 Å². The molecule has 0 saturated carbocycles. The van der Waals surface area contributed by atoms with E-state index in [-0.39, 0.29) is 18.8 Å². The molecule has 1 aliphatic rings. The SMILES string of the molecule is Cc1nn(C)cc1[C@H]1C[C@H](C(=O)NCc2ccc(F)cc2)N(C)S(=O)(=O)N1. The van der Waals surface area contributed by atoms with Crippen molar-refractivity contribution >= 4 is 16.1 Å². The van der Waals surface area contributed by atoms with Crippen LogP contribution in [-0.2, 0) is 28.6 Å². The second kappa shape index (κ2) is 7.37. The van der Waals surface area contributed by atoms with Crippen LogP contribution < -0.4 is 10.0 Å². The van der Waals surface area contributed by atoms with Crippen molar-refractivity contribution in [3.8, 4) is 0 Å². The van der Waals surface area contributed by atoms with Gasteiger partial charge in [-0.1, -0.05) is 12.1 Å². The lowest BCUT2D eigenvalue weighted by atomic mass is 10.00. The number of rotatable bonds is 4. The van der Waals surface area contributed by atoms with Gasteiger partial charge in [0.1, 0.15) is 11.9 Å². The van der Waals surface area contributed by atoms with E-state index in [1.807, 2.05) is 0 Å². The maximum atomic E-state index is 13.0. The summed E-state index contributed by atoms with van der Waals surface area (Å²) in [7, 11) is -0.685. The number of carbonyl (C=O) groups excluding carboxylic acids is 1. The summed E-state index contributed by atoms with van der Waals surface area (Å²) in [5.41, 5.74) is 2.18. The van der Waals surface area contributed by atoms with E-state index in [9.17, 15) is 17.6 Å². The molecule has 0 radical (unpaired) electrons. The van der Waals surface area contributed by atoms with Crippen LogP contribution >= 0.6 is 0 Å². The Morgan fingerprint density at radius 1 is 1.33 bits per heavy atom. The number of likely N-dealkylation sites (N-methyl/N-ethyl adjacent to an activating group) is 1. The van der Waals surface area contributed by atoms with Crippen molar-refractivity contribution in [2.24, 2.45) is 7.05 Å². The summed E-state index contributed by atoms with van der Waals surface area (Å²) in [5, 5.41) is 6.98. The van der Waals surface area contributed by atoms with Crippen molar-refractivity contribution in [1.29, 1.82) is 0 Å². The summed E-state index contributed by atoms with van der Waals surface area (Å²) in [5.74, 6) is -0.762. The molecule has 3 rings (SSSR count). The van der Waals surface area contributed by atoms with Crippen LogP contribution in [0.15, 0.2) is 30.5 Å². The molecule has 2 aromatic rings. The van der Waals surface area contributed by atoms with Crippen molar-refractivity contribution in [2.45, 2.75) is 32.0 Å². The highest BCUT2D eigenvalue weighted by atomic mass is 32.2. The van der Waals surface area contributed by atoms with Gasteiger partial charge in [0.2, 0.25) is 5.91 Å². The van der Waals surface area contributed by atoms with Crippen LogP contribution in [0.3, 0.4) is 0 Å². The molecular formula is C17H22FN5O3S. The lowest BCUT2D eigenvalue weighted by molar-refractivity contribution is -0.125. The second-order valence-electron chi connectivity index (χ2n) is 6.63. The Bertz CT molecular complexity index is 942. The number of halogens is 1. The molecule has 8 nitrogen and oxygen atoms in total. The lowest BCUT2D eigenvalue weighted by Crippen LogP contribution is -2.57. The van der Waals surface area contributed by atoms with E-state index in [1.165, 1.54) is 19.2 Å². The molecule has 0 spiro atoms. The molecule has 2 heterocycles. The Kier molecular flexibility index (Phi) is 5.31. The molecule has 1 amide bonds. The summed E-state index contributed by atoms with van der Waals surface area (Å²) in [6, 6.07) is 4.36. The molecule has 10 heteroatoms. The third-order valence-electron chi connectivity index (χ3n) is 4.68. The first-order chi connectivity index (χ1) is 12.7. The predicted molar refractivity (Wildman–Crippen MR) is 97.2 cm³/mol. The minimum Gasteiger partial charge on any atom is -0.351 e. The zero-order valence-corrected chi connectivity index (χ0v) is 16.1. The van der Waals surface area contributed by atoms with Gasteiger partial charge >= 0.3 is 0 Å². The highest BCUT2D eigenvalue weighted by molar-refractivity contribution is 7.87. The van der Waals surface area contributed by atoms with Crippen LogP contribution in [0.25, 0.3) is 0 Å². The van der Waals surface area contributed by atoms with E-state index >= 15 is 0 Å². The van der Waals surface area contributed by atoms with Crippen LogP contribution in [0, 0.1) is 12.7 Å². The van der Waals surface area contributed by atoms with Crippen LogP contribution in [0.2, 0.25) is 0 Å². The number of aromatic nitrogens is 2. The van der Waals surface area contributed by atoms with Gasteiger partial charge in [-0.15, -0.1) is 0 Å². The summed E-state index contributed by atoms with van der Waals surface area (Å²) in [6.45, 7) is 1.99. The molecule has 0 unspecified atom stereocenters. The normalized spacial score (nSPS) is 22.5. The van der Waals surface area contributed by atoms with Crippen LogP contribution in [0.4, 0.5) is 4.39 Å². The quantitative estimate of drug-likeness (QED) is 0.799. The highest BCUT2D eigenvalue weighted by Gasteiger charge is 2.41. The van der Waals surface area contributed by atoms with Gasteiger partial charge in [0, 0.05) is 32.4 Å². The molecule has 0 bridgehead atoms. The van der Waals surface area contributed by atoms with Crippen molar-refractivity contribution < 1.29 is 17.6 Å². The first-order valence-electron chi connectivity index (χ1n) is 8.45. The molecule has 27 heavy (non-hydrogen) atoms. The van der Waals surface area contributed by atoms with E-state index in [1.54, 1.807) is 37.0 Å². The van der Waals surface area contributed by atoms with Crippen molar-refractivity contribution in [1.82, 2.24) is 24.1 Å². The van der Waals surface area contributed by atoms with Gasteiger partial charge in [0.15, 0.2) is 0 Å². The van der Waals surface area contributed by atoms with Gasteiger partial charge in [0.25, 0.3) is 10.2 Å². The number of amides is 1. The minimum atomic E-state index is -3.81. The Labute approximate surface area is 157 Å². The van der Waals surface area contributed by atoms with Gasteiger partial charge in [-0.25, -0.2) is 4.39 Å². The van der Waals surface area contributed by atoms with Gasteiger partial charge in [-0.05, 0) is 31.0 Å². The van der Waals surface area contributed by atoms with Gasteiger partial charge in [-0.2, -0.15) is 22.5 Å². The monoisotopic (exact) mass is 395 g/mol. The molecule has 1 saturated heterocycles. The fraction of sp³-hybridized carbons (Fsp3) is 0.412. The molecule has 1 aromatic heterocycles. The van der Waals surface area contributed by atoms with Crippen molar-refractivity contribution in [3.63, 3.8) is 0 Å². The average Bonchev–Trinajstić information content (AvgIpc) is 2.94. The molecule has 1 fully saturated rings. The standard InChI is InChI=1S/C17H22FN5O3S/c1-11-14(10-22(2)20-11)15-8-16(23(3)27(25,26)21-15)17(24)19-9-12-4-6-13(18)7-5-12/h4-7,10,15-16,21H,8-9H2,1-3H3,(H,19,24)/t15-,16-/m1/s1. The van der Waals surface area contributed by atoms with Crippen molar-refractivity contribution in [3.05, 3.63) is 53.1 Å². The molecule has 2 N–H and O–H groups in total. The van der Waals surface area contributed by atoms with Crippen LogP contribution in [0.5, 0.6) is 0 Å². The third-order valence-corrected chi connectivity index (χ3v) is 6.27. The molecular weight excluding hydrogens is 373 g/mol. The Hall–Kier alpha value is -2.30. The number of hydrogen-bond donors (Lipinski definition) is 2. The lowest BCUT2D eigenvalue weighted by Gasteiger charge is -2.36. The second-order valence-corrected chi connectivity index (χ2v) is 8.39. The van der Waals surface area contributed by atoms with E-state index in [0.717, 1.165) is 15.4 Å². The van der Waals surface area contributed by atoms with Crippen molar-refractivity contribution in [2.75, 3.05) is 7.05 Å². The molecule has 0 aliphatic carbocycles. The topological polar surface area (TPSA) is 96.3 Å². The van der Waals surface area contributed by atoms with E-state index in [2.05, 4.69) is 15.1 Å². The number of nitrogens with one attached hydrogen (secondary N) is 2. The molecule has 146 valence electrons. The number of hydrogen-bond acceptors (Lipinski definition) is 4. The predicted octanol–water partition coefficient (Wildman–Crippen LogP) is 0.764. The maximum absolute atomic E-state index is 13.0. The minimum absolute atomic E-state index is 0.188. The molecule has 1 aliphatic heterocycles. The fourth-order valence-corrected chi connectivity index (χ4v) is 4.45. The van der Waals surface area contributed by atoms with Crippen LogP contribution in [-0.4, -0.2) is 41.5 Å². The summed E-state index contributed by atoms with van der Waals surface area (Å²) < 4.78 is 43.2. The molecule has 2 atom stereocenters. The largest absolute Gasteiger partial charge is 0.351 e. The highest BCUT2D eigenvalue weighted by Crippen LogP contribution is 2.29. The van der Waals surface area contributed by atoms with Gasteiger partial charge in [-0.3, -0.25) is 9.48 Å². The fourth-order valence-electron chi connectivity index (χ4n) is 3.18. The zero-order valence-electron chi connectivity index (χ0n) is 15.3. The molecule has 1 aromatic carbocycles. The van der Waals surface area contributed by atoms with Gasteiger partial charge in [0.05, 0.1) is 11.7 Å². The summed E-state index contributed by atoms with van der Waals surface area (Å²) >= 11 is 0. The average molecular weight is 395 g/mol. The Balaban J connectivity index is 1.76. The zero-order chi connectivity index (χ0) is 19.8. The third kappa shape index (κ3) is 4.18. The number of carbonyl (C=O) groups is 1. The van der Waals surface area contributed by atoms with E-state index < -0.39 is 28.2 Å². The number of aryl methyl sites for hydroxylation is 2. The smallest absolute Gasteiger partial charge is 0.280 e. The number of nitrogens with zero attached hydrogens (tertiary/aromatic N) is 3. The summed E-state index contributed by atoms with van der Waals surface area (Å²) in [4.78, 5) is 12.7. The number of benzene rings is 1. The first-order valence-corrected chi connectivity index (χ1v) is 9.89. The first kappa shape index (κ1) is 19.5. The van der Waals surface area contributed by atoms with Gasteiger partial charge < -0.3 is 5.32 Å². The Morgan fingerprint density at radius 2 is 2.00 bits per heavy atom. The van der Waals surface area contributed by atoms with E-state index in [4.69, 9.17) is 0 Å². The maximum Gasteiger partial charge on any atom is 0.280 e.